The number of nitrogens with zero attached hydrogens (tertiary/aromatic N) is 3. The fraction of sp³-hybridized carbons (Fsp3) is 0.400. The number of nitriles is 1. The molecular weight excluding hydrogens is 346 g/mol. The average Bonchev–Trinajstić information content (AvgIpc) is 2.62. The second-order valence-corrected chi connectivity index (χ2v) is 6.77. The molecule has 0 unspecified atom stereocenters. The molecule has 1 aromatic carbocycles. The van der Waals surface area contributed by atoms with E-state index in [2.05, 4.69) is 11.1 Å². The van der Waals surface area contributed by atoms with Crippen molar-refractivity contribution in [1.29, 1.82) is 5.26 Å². The van der Waals surface area contributed by atoms with E-state index < -0.39 is 16.9 Å². The molecule has 0 saturated carbocycles. The fourth-order valence-corrected chi connectivity index (χ4v) is 2.34. The standard InChI is InChI=1S/C20H23N3O4/c1-5-26-19(25)15-11-22-13-23(18(15)24)16-7-6-14(2)10-17(16)27-9-8-20(3,4)12-21/h6-7,10-11,13H,5,8-9H2,1-4H3. The quantitative estimate of drug-likeness (QED) is 0.696. The van der Waals surface area contributed by atoms with Gasteiger partial charge in [-0.2, -0.15) is 5.26 Å². The van der Waals surface area contributed by atoms with Crippen LogP contribution in [-0.2, 0) is 4.74 Å². The van der Waals surface area contributed by atoms with Crippen molar-refractivity contribution in [2.75, 3.05) is 13.2 Å². The van der Waals surface area contributed by atoms with Crippen LogP contribution in [0.5, 0.6) is 5.75 Å². The number of benzene rings is 1. The Morgan fingerprint density at radius 2 is 2.11 bits per heavy atom. The van der Waals surface area contributed by atoms with Crippen LogP contribution in [-0.4, -0.2) is 28.7 Å². The first-order chi connectivity index (χ1) is 12.8. The molecule has 1 heterocycles. The summed E-state index contributed by atoms with van der Waals surface area (Å²) < 4.78 is 12.0. The summed E-state index contributed by atoms with van der Waals surface area (Å²) in [6, 6.07) is 7.61. The monoisotopic (exact) mass is 369 g/mol. The van der Waals surface area contributed by atoms with E-state index in [-0.39, 0.29) is 12.2 Å². The van der Waals surface area contributed by atoms with Crippen molar-refractivity contribution >= 4 is 5.97 Å². The van der Waals surface area contributed by atoms with E-state index in [1.165, 1.54) is 17.1 Å². The summed E-state index contributed by atoms with van der Waals surface area (Å²) in [5.41, 5.74) is 0.243. The molecule has 7 nitrogen and oxygen atoms in total. The first-order valence-electron chi connectivity index (χ1n) is 8.68. The Morgan fingerprint density at radius 1 is 1.37 bits per heavy atom. The fourth-order valence-electron chi connectivity index (χ4n) is 2.34. The van der Waals surface area contributed by atoms with Crippen molar-refractivity contribution in [2.45, 2.75) is 34.1 Å². The van der Waals surface area contributed by atoms with E-state index in [1.54, 1.807) is 19.1 Å². The molecule has 0 N–H and O–H groups in total. The Kier molecular flexibility index (Phi) is 6.35. The zero-order valence-electron chi connectivity index (χ0n) is 16.0. The van der Waals surface area contributed by atoms with E-state index in [1.807, 2.05) is 26.8 Å². The van der Waals surface area contributed by atoms with Gasteiger partial charge in [-0.25, -0.2) is 9.78 Å². The first-order valence-corrected chi connectivity index (χ1v) is 8.68. The van der Waals surface area contributed by atoms with Gasteiger partial charge in [-0.1, -0.05) is 6.07 Å². The lowest BCUT2D eigenvalue weighted by molar-refractivity contribution is 0.0523. The number of aromatic nitrogens is 2. The smallest absolute Gasteiger partial charge is 0.345 e. The number of hydrogen-bond donors (Lipinski definition) is 0. The number of esters is 1. The van der Waals surface area contributed by atoms with Gasteiger partial charge in [0.1, 0.15) is 17.6 Å². The summed E-state index contributed by atoms with van der Waals surface area (Å²) in [6.45, 7) is 7.74. The number of carbonyl (C=O) groups excluding carboxylic acids is 1. The average molecular weight is 369 g/mol. The summed E-state index contributed by atoms with van der Waals surface area (Å²) >= 11 is 0. The van der Waals surface area contributed by atoms with E-state index in [0.29, 0.717) is 24.5 Å². The van der Waals surface area contributed by atoms with Crippen molar-refractivity contribution in [2.24, 2.45) is 5.41 Å². The molecule has 142 valence electrons. The lowest BCUT2D eigenvalue weighted by atomic mass is 9.92. The molecule has 0 fully saturated rings. The van der Waals surface area contributed by atoms with Gasteiger partial charge >= 0.3 is 5.97 Å². The van der Waals surface area contributed by atoms with Crippen LogP contribution in [0.1, 0.15) is 43.1 Å². The second kappa shape index (κ2) is 8.49. The second-order valence-electron chi connectivity index (χ2n) is 6.77. The number of aryl methyl sites for hydroxylation is 1. The lowest BCUT2D eigenvalue weighted by Crippen LogP contribution is -2.27. The highest BCUT2D eigenvalue weighted by molar-refractivity contribution is 5.88. The molecule has 1 aromatic heterocycles. The minimum Gasteiger partial charge on any atom is -0.491 e. The van der Waals surface area contributed by atoms with Crippen molar-refractivity contribution in [3.05, 3.63) is 52.2 Å². The Hall–Kier alpha value is -3.14. The van der Waals surface area contributed by atoms with Crippen LogP contribution in [0.15, 0.2) is 35.5 Å². The molecule has 2 rings (SSSR count). The number of carbonyl (C=O) groups is 1. The molecule has 0 aliphatic carbocycles. The predicted molar refractivity (Wildman–Crippen MR) is 100 cm³/mol. The van der Waals surface area contributed by atoms with Gasteiger partial charge in [0.15, 0.2) is 0 Å². The normalized spacial score (nSPS) is 10.9. The Labute approximate surface area is 158 Å². The van der Waals surface area contributed by atoms with Gasteiger partial charge in [0.2, 0.25) is 0 Å². The molecule has 2 aromatic rings. The van der Waals surface area contributed by atoms with Gasteiger partial charge in [0, 0.05) is 6.20 Å². The molecule has 0 radical (unpaired) electrons. The van der Waals surface area contributed by atoms with Gasteiger partial charge in [0.05, 0.1) is 30.4 Å². The van der Waals surface area contributed by atoms with Crippen LogP contribution in [0.4, 0.5) is 0 Å². The van der Waals surface area contributed by atoms with Gasteiger partial charge in [-0.05, 0) is 51.8 Å². The Balaban J connectivity index is 2.39. The molecule has 27 heavy (non-hydrogen) atoms. The van der Waals surface area contributed by atoms with Crippen LogP contribution in [0.2, 0.25) is 0 Å². The van der Waals surface area contributed by atoms with E-state index in [0.717, 1.165) is 5.56 Å². The zero-order valence-corrected chi connectivity index (χ0v) is 16.0. The van der Waals surface area contributed by atoms with Crippen LogP contribution < -0.4 is 10.3 Å². The van der Waals surface area contributed by atoms with E-state index in [9.17, 15) is 9.59 Å². The zero-order chi connectivity index (χ0) is 20.0. The SMILES string of the molecule is CCOC(=O)c1cncn(-c2ccc(C)cc2OCCC(C)(C)C#N)c1=O. The lowest BCUT2D eigenvalue weighted by Gasteiger charge is -2.18. The first kappa shape index (κ1) is 20.2. The van der Waals surface area contributed by atoms with Crippen LogP contribution >= 0.6 is 0 Å². The molecule has 0 spiro atoms. The molecule has 0 aliphatic heterocycles. The van der Waals surface area contributed by atoms with Gasteiger partial charge < -0.3 is 9.47 Å². The van der Waals surface area contributed by atoms with Gasteiger partial charge in [-0.15, -0.1) is 0 Å². The molecule has 0 aliphatic rings. The summed E-state index contributed by atoms with van der Waals surface area (Å²) in [7, 11) is 0. The third-order valence-corrected chi connectivity index (χ3v) is 3.99. The summed E-state index contributed by atoms with van der Waals surface area (Å²) in [5, 5.41) is 9.13. The maximum Gasteiger partial charge on any atom is 0.345 e. The van der Waals surface area contributed by atoms with E-state index >= 15 is 0 Å². The number of hydrogen-bond acceptors (Lipinski definition) is 6. The molecule has 0 atom stereocenters. The largest absolute Gasteiger partial charge is 0.491 e. The third-order valence-electron chi connectivity index (χ3n) is 3.99. The van der Waals surface area contributed by atoms with Crippen molar-refractivity contribution in [3.63, 3.8) is 0 Å². The molecule has 0 saturated heterocycles. The van der Waals surface area contributed by atoms with Crippen LogP contribution in [0.3, 0.4) is 0 Å². The summed E-state index contributed by atoms with van der Waals surface area (Å²) in [6.07, 6.45) is 3.07. The van der Waals surface area contributed by atoms with Crippen LogP contribution in [0, 0.1) is 23.7 Å². The van der Waals surface area contributed by atoms with E-state index in [4.69, 9.17) is 14.7 Å². The Morgan fingerprint density at radius 3 is 2.78 bits per heavy atom. The molecule has 0 amide bonds. The van der Waals surface area contributed by atoms with Crippen molar-refractivity contribution < 1.29 is 14.3 Å². The van der Waals surface area contributed by atoms with Crippen molar-refractivity contribution in [1.82, 2.24) is 9.55 Å². The molecule has 0 bridgehead atoms. The Bertz CT molecular complexity index is 926. The summed E-state index contributed by atoms with van der Waals surface area (Å²) in [4.78, 5) is 28.7. The number of rotatable bonds is 7. The summed E-state index contributed by atoms with van der Waals surface area (Å²) in [5.74, 6) is -0.233. The highest BCUT2D eigenvalue weighted by Crippen LogP contribution is 2.25. The maximum absolute atomic E-state index is 12.7. The third kappa shape index (κ3) is 4.94. The minimum absolute atomic E-state index is 0.142. The molecular formula is C20H23N3O4. The maximum atomic E-state index is 12.7. The van der Waals surface area contributed by atoms with Crippen molar-refractivity contribution in [3.8, 4) is 17.5 Å². The van der Waals surface area contributed by atoms with Gasteiger partial charge in [0.25, 0.3) is 5.56 Å². The minimum atomic E-state index is -0.713. The van der Waals surface area contributed by atoms with Crippen LogP contribution in [0.25, 0.3) is 5.69 Å². The highest BCUT2D eigenvalue weighted by atomic mass is 16.5. The number of ether oxygens (including phenoxy) is 2. The highest BCUT2D eigenvalue weighted by Gasteiger charge is 2.19. The topological polar surface area (TPSA) is 94.2 Å². The van der Waals surface area contributed by atoms with Gasteiger partial charge in [-0.3, -0.25) is 9.36 Å². The molecule has 7 heteroatoms. The predicted octanol–water partition coefficient (Wildman–Crippen LogP) is 3.04.